The third-order valence-corrected chi connectivity index (χ3v) is 3.53. The summed E-state index contributed by atoms with van der Waals surface area (Å²) < 4.78 is 5.52. The van der Waals surface area contributed by atoms with E-state index in [0.29, 0.717) is 5.25 Å². The highest BCUT2D eigenvalue weighted by molar-refractivity contribution is 7.99. The molecule has 0 saturated heterocycles. The Kier molecular flexibility index (Phi) is 3.06. The number of benzene rings is 1. The molecule has 1 aromatic carbocycles. The number of rotatable bonds is 3. The Morgan fingerprint density at radius 1 is 1.33 bits per heavy atom. The van der Waals surface area contributed by atoms with E-state index >= 15 is 0 Å². The van der Waals surface area contributed by atoms with Crippen molar-refractivity contribution in [1.82, 2.24) is 0 Å². The van der Waals surface area contributed by atoms with E-state index in [0.717, 1.165) is 11.3 Å². The van der Waals surface area contributed by atoms with Gasteiger partial charge in [-0.25, -0.2) is 0 Å². The van der Waals surface area contributed by atoms with Crippen LogP contribution in [0.25, 0.3) is 11.0 Å². The lowest BCUT2D eigenvalue weighted by atomic mass is 10.1. The molecule has 0 spiro atoms. The van der Waals surface area contributed by atoms with E-state index < -0.39 is 0 Å². The van der Waals surface area contributed by atoms with Gasteiger partial charge in [-0.05, 0) is 24.3 Å². The predicted molar refractivity (Wildman–Crippen MR) is 67.4 cm³/mol. The molecule has 0 aliphatic carbocycles. The van der Waals surface area contributed by atoms with Gasteiger partial charge in [0.2, 0.25) is 0 Å². The Labute approximate surface area is 94.9 Å². The Hall–Kier alpha value is -0.890. The highest BCUT2D eigenvalue weighted by Gasteiger charge is 2.06. The van der Waals surface area contributed by atoms with Crippen molar-refractivity contribution in [3.8, 4) is 0 Å². The average Bonchev–Trinajstić information content (AvgIpc) is 2.57. The van der Waals surface area contributed by atoms with Crippen LogP contribution in [-0.2, 0) is 5.75 Å². The van der Waals surface area contributed by atoms with Crippen LogP contribution in [0.4, 0.5) is 0 Å². The first-order chi connectivity index (χ1) is 7.16. The molecule has 2 rings (SSSR count). The number of aryl methyl sites for hydroxylation is 1. The topological polar surface area (TPSA) is 13.1 Å². The van der Waals surface area contributed by atoms with E-state index in [2.05, 4.69) is 32.9 Å². The molecule has 0 saturated carbocycles. The van der Waals surface area contributed by atoms with Crippen molar-refractivity contribution in [2.45, 2.75) is 31.8 Å². The van der Waals surface area contributed by atoms with Gasteiger partial charge in [0.25, 0.3) is 0 Å². The van der Waals surface area contributed by atoms with E-state index in [-0.39, 0.29) is 0 Å². The molecule has 2 aromatic rings. The van der Waals surface area contributed by atoms with Gasteiger partial charge in [0.15, 0.2) is 0 Å². The molecule has 1 heterocycles. The maximum absolute atomic E-state index is 5.52. The average molecular weight is 220 g/mol. The third-order valence-electron chi connectivity index (χ3n) is 2.38. The van der Waals surface area contributed by atoms with Crippen molar-refractivity contribution in [3.05, 3.63) is 35.6 Å². The Bertz CT molecular complexity index is 457. The summed E-state index contributed by atoms with van der Waals surface area (Å²) in [5.74, 6) is 1.04. The Morgan fingerprint density at radius 3 is 2.87 bits per heavy atom. The quantitative estimate of drug-likeness (QED) is 0.761. The largest absolute Gasteiger partial charge is 0.464 e. The molecular weight excluding hydrogens is 204 g/mol. The molecule has 0 aliphatic heterocycles. The number of furan rings is 1. The molecule has 0 aliphatic rings. The van der Waals surface area contributed by atoms with Gasteiger partial charge in [-0.2, -0.15) is 11.8 Å². The van der Waals surface area contributed by atoms with E-state index in [9.17, 15) is 0 Å². The minimum atomic E-state index is 0.666. The molecular formula is C13H16OS. The zero-order valence-corrected chi connectivity index (χ0v) is 10.2. The lowest BCUT2D eigenvalue weighted by Gasteiger charge is -2.02. The summed E-state index contributed by atoms with van der Waals surface area (Å²) in [6.07, 6.45) is 1.89. The Morgan fingerprint density at radius 2 is 2.13 bits per heavy atom. The van der Waals surface area contributed by atoms with Gasteiger partial charge in [-0.3, -0.25) is 0 Å². The van der Waals surface area contributed by atoms with Gasteiger partial charge >= 0.3 is 0 Å². The fraction of sp³-hybridized carbons (Fsp3) is 0.385. The summed E-state index contributed by atoms with van der Waals surface area (Å²) in [6.45, 7) is 6.56. The molecule has 1 nitrogen and oxygen atoms in total. The van der Waals surface area contributed by atoms with Crippen LogP contribution >= 0.6 is 11.8 Å². The second-order valence-electron chi connectivity index (χ2n) is 4.12. The summed E-state index contributed by atoms with van der Waals surface area (Å²) in [5, 5.41) is 1.93. The fourth-order valence-electron chi connectivity index (χ4n) is 1.56. The van der Waals surface area contributed by atoms with Gasteiger partial charge in [0, 0.05) is 16.7 Å². The smallest absolute Gasteiger partial charge is 0.134 e. The molecule has 0 atom stereocenters. The molecule has 15 heavy (non-hydrogen) atoms. The van der Waals surface area contributed by atoms with Gasteiger partial charge in [-0.15, -0.1) is 0 Å². The molecule has 0 N–H and O–H groups in total. The summed E-state index contributed by atoms with van der Waals surface area (Å²) in [5.41, 5.74) is 3.60. The van der Waals surface area contributed by atoms with Crippen LogP contribution in [0, 0.1) is 6.92 Å². The third kappa shape index (κ3) is 2.37. The first-order valence-electron chi connectivity index (χ1n) is 5.25. The van der Waals surface area contributed by atoms with Crippen LogP contribution in [0.15, 0.2) is 28.9 Å². The molecule has 0 radical (unpaired) electrons. The lowest BCUT2D eigenvalue weighted by molar-refractivity contribution is 0.612. The van der Waals surface area contributed by atoms with Gasteiger partial charge in [-0.1, -0.05) is 25.5 Å². The van der Waals surface area contributed by atoms with Crippen molar-refractivity contribution in [3.63, 3.8) is 0 Å². The SMILES string of the molecule is Cc1ccc2occ(CSC(C)C)c2c1. The van der Waals surface area contributed by atoms with Crippen molar-refractivity contribution in [2.75, 3.05) is 0 Å². The monoisotopic (exact) mass is 220 g/mol. The van der Waals surface area contributed by atoms with Gasteiger partial charge < -0.3 is 4.42 Å². The first-order valence-corrected chi connectivity index (χ1v) is 6.30. The molecule has 2 heteroatoms. The van der Waals surface area contributed by atoms with Crippen LogP contribution in [0.2, 0.25) is 0 Å². The zero-order chi connectivity index (χ0) is 10.8. The second kappa shape index (κ2) is 4.31. The predicted octanol–water partition coefficient (Wildman–Crippen LogP) is 4.38. The minimum absolute atomic E-state index is 0.666. The number of thioether (sulfide) groups is 1. The van der Waals surface area contributed by atoms with Crippen LogP contribution in [0.3, 0.4) is 0 Å². The van der Waals surface area contributed by atoms with Crippen LogP contribution in [0.5, 0.6) is 0 Å². The van der Waals surface area contributed by atoms with Crippen LogP contribution in [-0.4, -0.2) is 5.25 Å². The zero-order valence-electron chi connectivity index (χ0n) is 9.41. The maximum Gasteiger partial charge on any atom is 0.134 e. The van der Waals surface area contributed by atoms with E-state index in [4.69, 9.17) is 4.42 Å². The molecule has 0 bridgehead atoms. The molecule has 0 unspecified atom stereocenters. The highest BCUT2D eigenvalue weighted by atomic mass is 32.2. The second-order valence-corrected chi connectivity index (χ2v) is 5.69. The summed E-state index contributed by atoms with van der Waals surface area (Å²) in [6, 6.07) is 6.34. The fourth-order valence-corrected chi connectivity index (χ4v) is 2.30. The number of hydrogen-bond acceptors (Lipinski definition) is 2. The molecule has 0 amide bonds. The maximum atomic E-state index is 5.52. The molecule has 1 aromatic heterocycles. The van der Waals surface area contributed by atoms with Crippen LogP contribution in [0.1, 0.15) is 25.0 Å². The summed E-state index contributed by atoms with van der Waals surface area (Å²) in [7, 11) is 0. The van der Waals surface area contributed by atoms with E-state index in [1.54, 1.807) is 0 Å². The lowest BCUT2D eigenvalue weighted by Crippen LogP contribution is -1.87. The van der Waals surface area contributed by atoms with E-state index in [1.165, 1.54) is 16.5 Å². The normalized spacial score (nSPS) is 11.5. The Balaban J connectivity index is 2.31. The van der Waals surface area contributed by atoms with Gasteiger partial charge in [0.1, 0.15) is 5.58 Å². The summed E-state index contributed by atoms with van der Waals surface area (Å²) >= 11 is 1.95. The van der Waals surface area contributed by atoms with E-state index in [1.807, 2.05) is 24.1 Å². The minimum Gasteiger partial charge on any atom is -0.464 e. The number of hydrogen-bond donors (Lipinski definition) is 0. The highest BCUT2D eigenvalue weighted by Crippen LogP contribution is 2.27. The number of fused-ring (bicyclic) bond motifs is 1. The van der Waals surface area contributed by atoms with Crippen molar-refractivity contribution >= 4 is 22.7 Å². The summed E-state index contributed by atoms with van der Waals surface area (Å²) in [4.78, 5) is 0. The molecule has 80 valence electrons. The van der Waals surface area contributed by atoms with Crippen molar-refractivity contribution < 1.29 is 4.42 Å². The standard InChI is InChI=1S/C13H16OS/c1-9(2)15-8-11-7-14-13-5-4-10(3)6-12(11)13/h4-7,9H,8H2,1-3H3. The van der Waals surface area contributed by atoms with Crippen molar-refractivity contribution in [2.24, 2.45) is 0 Å². The van der Waals surface area contributed by atoms with Gasteiger partial charge in [0.05, 0.1) is 6.26 Å². The first kappa shape index (κ1) is 10.6. The van der Waals surface area contributed by atoms with Crippen LogP contribution < -0.4 is 0 Å². The molecule has 0 fully saturated rings. The van der Waals surface area contributed by atoms with Crippen molar-refractivity contribution in [1.29, 1.82) is 0 Å².